The molecule has 0 spiro atoms. The smallest absolute Gasteiger partial charge is 0.336 e. The van der Waals surface area contributed by atoms with E-state index in [0.29, 0.717) is 56.2 Å². The molecule has 2 aliphatic rings. The number of ketones is 1. The predicted molar refractivity (Wildman–Crippen MR) is 156 cm³/mol. The van der Waals surface area contributed by atoms with Crippen molar-refractivity contribution in [1.29, 1.82) is 0 Å². The number of nitrogens with one attached hydrogen (secondary N) is 1. The van der Waals surface area contributed by atoms with Crippen LogP contribution in [0, 0.1) is 10.1 Å². The van der Waals surface area contributed by atoms with Gasteiger partial charge in [-0.3, -0.25) is 14.9 Å². The van der Waals surface area contributed by atoms with Gasteiger partial charge in [-0.1, -0.05) is 24.3 Å². The summed E-state index contributed by atoms with van der Waals surface area (Å²) < 4.78 is 18.1. The topological polar surface area (TPSA) is 117 Å². The molecule has 1 heterocycles. The molecular weight excluding hydrogens is 592 g/mol. The van der Waals surface area contributed by atoms with Crippen LogP contribution in [0.5, 0.6) is 11.5 Å². The van der Waals surface area contributed by atoms with Gasteiger partial charge in [0.05, 0.1) is 33.9 Å². The molecular formula is C31H27BrN2O7. The number of nitrogens with zero attached hydrogens (tertiary/aromatic N) is 1. The van der Waals surface area contributed by atoms with Gasteiger partial charge in [0.1, 0.15) is 6.61 Å². The van der Waals surface area contributed by atoms with Crippen LogP contribution in [0.2, 0.25) is 0 Å². The first-order chi connectivity index (χ1) is 19.7. The highest BCUT2D eigenvalue weighted by molar-refractivity contribution is 9.10. The number of fused-ring (bicyclic) bond motifs is 2. The first kappa shape index (κ1) is 28.1. The second-order valence-corrected chi connectivity index (χ2v) is 10.3. The zero-order chi connectivity index (χ0) is 29.3. The van der Waals surface area contributed by atoms with Gasteiger partial charge in [0, 0.05) is 40.4 Å². The molecule has 1 atom stereocenters. The Kier molecular flexibility index (Phi) is 7.94. The fourth-order valence-corrected chi connectivity index (χ4v) is 5.74. The van der Waals surface area contributed by atoms with Gasteiger partial charge in [0.25, 0.3) is 5.69 Å². The molecule has 3 aromatic carbocycles. The van der Waals surface area contributed by atoms with Gasteiger partial charge in [0.15, 0.2) is 17.3 Å². The van der Waals surface area contributed by atoms with Crippen molar-refractivity contribution in [1.82, 2.24) is 5.32 Å². The van der Waals surface area contributed by atoms with Crippen molar-refractivity contribution in [3.8, 4) is 11.5 Å². The standard InChI is InChI=1S/C31H27BrN2O7/c1-4-39-24-15-19(14-23(32)30(24)41-16-18-10-12-20(13-11-18)34(37)38)26-25(31(36)40-5-2)17(3)33-28-21-8-6-7-9-22(21)29(35)27(26)28/h6-15,26,33H,4-5,16H2,1-3H3/t26-/m1/s1. The molecule has 0 unspecified atom stereocenters. The molecule has 0 saturated heterocycles. The van der Waals surface area contributed by atoms with E-state index in [1.54, 1.807) is 38.1 Å². The van der Waals surface area contributed by atoms with Gasteiger partial charge in [0.2, 0.25) is 0 Å². The van der Waals surface area contributed by atoms with E-state index in [4.69, 9.17) is 14.2 Å². The Labute approximate surface area is 245 Å². The molecule has 0 aromatic heterocycles. The minimum absolute atomic E-state index is 0.00528. The van der Waals surface area contributed by atoms with Crippen molar-refractivity contribution in [3.05, 3.63) is 114 Å². The molecule has 41 heavy (non-hydrogen) atoms. The van der Waals surface area contributed by atoms with Gasteiger partial charge >= 0.3 is 5.97 Å². The maximum atomic E-state index is 13.8. The zero-order valence-electron chi connectivity index (χ0n) is 22.7. The summed E-state index contributed by atoms with van der Waals surface area (Å²) in [6, 6.07) is 17.1. The van der Waals surface area contributed by atoms with Gasteiger partial charge in [-0.15, -0.1) is 0 Å². The Morgan fingerprint density at radius 3 is 2.39 bits per heavy atom. The van der Waals surface area contributed by atoms with E-state index in [0.717, 1.165) is 11.1 Å². The summed E-state index contributed by atoms with van der Waals surface area (Å²) in [4.78, 5) is 37.6. The van der Waals surface area contributed by atoms with Crippen molar-refractivity contribution >= 4 is 39.1 Å². The number of carbonyl (C=O) groups is 2. The van der Waals surface area contributed by atoms with Gasteiger partial charge in [-0.25, -0.2) is 4.79 Å². The number of nitro benzene ring substituents is 1. The van der Waals surface area contributed by atoms with Gasteiger partial charge in [-0.2, -0.15) is 0 Å². The van der Waals surface area contributed by atoms with Gasteiger partial charge < -0.3 is 19.5 Å². The SMILES string of the molecule is CCOC(=O)C1=C(C)NC2=C(C(=O)c3ccccc32)[C@@H]1c1cc(Br)c(OCc2ccc([N+](=O)[O-])cc2)c(OCC)c1. The number of dihydropyridines is 1. The lowest BCUT2D eigenvalue weighted by Crippen LogP contribution is -2.29. The molecule has 0 fully saturated rings. The molecule has 9 nitrogen and oxygen atoms in total. The number of hydrogen-bond acceptors (Lipinski definition) is 8. The van der Waals surface area contributed by atoms with Gasteiger partial charge in [-0.05, 0) is 72.1 Å². The van der Waals surface area contributed by atoms with Crippen LogP contribution in [0.3, 0.4) is 0 Å². The summed E-state index contributed by atoms with van der Waals surface area (Å²) in [6.07, 6.45) is 0. The quantitative estimate of drug-likeness (QED) is 0.165. The minimum atomic E-state index is -0.718. The van der Waals surface area contributed by atoms with E-state index < -0.39 is 16.8 Å². The predicted octanol–water partition coefficient (Wildman–Crippen LogP) is 6.47. The molecule has 210 valence electrons. The zero-order valence-corrected chi connectivity index (χ0v) is 24.2. The fraction of sp³-hybridized carbons (Fsp3) is 0.226. The molecule has 5 rings (SSSR count). The van der Waals surface area contributed by atoms with Crippen molar-refractivity contribution in [3.63, 3.8) is 0 Å². The normalized spacial score (nSPS) is 15.7. The average molecular weight is 619 g/mol. The lowest BCUT2D eigenvalue weighted by Gasteiger charge is -2.30. The summed E-state index contributed by atoms with van der Waals surface area (Å²) in [7, 11) is 0. The Morgan fingerprint density at radius 1 is 1.02 bits per heavy atom. The first-order valence-corrected chi connectivity index (χ1v) is 13.9. The number of benzene rings is 3. The molecule has 0 saturated carbocycles. The number of ether oxygens (including phenoxy) is 3. The largest absolute Gasteiger partial charge is 0.490 e. The van der Waals surface area contributed by atoms with Crippen molar-refractivity contribution in [2.45, 2.75) is 33.3 Å². The second-order valence-electron chi connectivity index (χ2n) is 9.46. The highest BCUT2D eigenvalue weighted by Crippen LogP contribution is 2.49. The number of carbonyl (C=O) groups excluding carboxylic acids is 2. The van der Waals surface area contributed by atoms with E-state index in [1.165, 1.54) is 12.1 Å². The van der Waals surface area contributed by atoms with Crippen molar-refractivity contribution in [2.75, 3.05) is 13.2 Å². The molecule has 1 N–H and O–H groups in total. The highest BCUT2D eigenvalue weighted by Gasteiger charge is 2.43. The van der Waals surface area contributed by atoms with Crippen LogP contribution in [0.1, 0.15) is 53.7 Å². The van der Waals surface area contributed by atoms with Crippen LogP contribution >= 0.6 is 15.9 Å². The van der Waals surface area contributed by atoms with Crippen LogP contribution in [-0.4, -0.2) is 29.9 Å². The summed E-state index contributed by atoms with van der Waals surface area (Å²) in [6.45, 7) is 6.05. The second kappa shape index (κ2) is 11.6. The van der Waals surface area contributed by atoms with E-state index in [1.807, 2.05) is 31.2 Å². The van der Waals surface area contributed by atoms with E-state index in [9.17, 15) is 19.7 Å². The van der Waals surface area contributed by atoms with E-state index in [-0.39, 0.29) is 24.7 Å². The Hall–Kier alpha value is -4.44. The lowest BCUT2D eigenvalue weighted by molar-refractivity contribution is -0.384. The highest BCUT2D eigenvalue weighted by atomic mass is 79.9. The average Bonchev–Trinajstić information content (AvgIpc) is 3.23. The number of nitro groups is 1. The van der Waals surface area contributed by atoms with E-state index in [2.05, 4.69) is 21.2 Å². The fourth-order valence-electron chi connectivity index (χ4n) is 5.17. The molecule has 10 heteroatoms. The van der Waals surface area contributed by atoms with Crippen LogP contribution in [-0.2, 0) is 16.1 Å². The number of hydrogen-bond donors (Lipinski definition) is 1. The number of esters is 1. The summed E-state index contributed by atoms with van der Waals surface area (Å²) in [5.41, 5.74) is 4.83. The third-order valence-corrected chi connectivity index (χ3v) is 7.53. The monoisotopic (exact) mass is 618 g/mol. The number of non-ortho nitro benzene ring substituents is 1. The number of halogens is 1. The molecule has 0 bridgehead atoms. The first-order valence-electron chi connectivity index (χ1n) is 13.1. The Balaban J connectivity index is 1.58. The van der Waals surface area contributed by atoms with Crippen LogP contribution in [0.15, 0.2) is 82.0 Å². The number of Topliss-reactive ketones (excluding diaryl/α,β-unsaturated/α-hetero) is 1. The third kappa shape index (κ3) is 5.22. The summed E-state index contributed by atoms with van der Waals surface area (Å²) in [5, 5.41) is 14.3. The third-order valence-electron chi connectivity index (χ3n) is 6.94. The van der Waals surface area contributed by atoms with E-state index >= 15 is 0 Å². The van der Waals surface area contributed by atoms with Crippen molar-refractivity contribution in [2.24, 2.45) is 0 Å². The minimum Gasteiger partial charge on any atom is -0.490 e. The summed E-state index contributed by atoms with van der Waals surface area (Å²) >= 11 is 3.61. The van der Waals surface area contributed by atoms with Crippen molar-refractivity contribution < 1.29 is 28.7 Å². The molecule has 3 aromatic rings. The van der Waals surface area contributed by atoms with Crippen LogP contribution in [0.25, 0.3) is 5.70 Å². The number of rotatable bonds is 9. The molecule has 1 aliphatic heterocycles. The van der Waals surface area contributed by atoms with Crippen LogP contribution < -0.4 is 14.8 Å². The molecule has 0 amide bonds. The van der Waals surface area contributed by atoms with Crippen LogP contribution in [0.4, 0.5) is 5.69 Å². The summed E-state index contributed by atoms with van der Waals surface area (Å²) in [5.74, 6) is -0.537. The molecule has 1 aliphatic carbocycles. The maximum Gasteiger partial charge on any atom is 0.336 e. The maximum absolute atomic E-state index is 13.8. The Morgan fingerprint density at radius 2 is 1.73 bits per heavy atom. The Bertz CT molecular complexity index is 1630. The number of allylic oxidation sites excluding steroid dienone is 2. The molecule has 0 radical (unpaired) electrons. The lowest BCUT2D eigenvalue weighted by atomic mass is 9.79.